The molecule has 0 aliphatic heterocycles. The Bertz CT molecular complexity index is 654. The second-order valence-corrected chi connectivity index (χ2v) is 3.86. The van der Waals surface area contributed by atoms with E-state index in [-0.39, 0.29) is 0 Å². The molecule has 0 bridgehead atoms. The quantitative estimate of drug-likeness (QED) is 0.687. The predicted octanol–water partition coefficient (Wildman–Crippen LogP) is 2.88. The van der Waals surface area contributed by atoms with Crippen LogP contribution in [0.3, 0.4) is 0 Å². The van der Waals surface area contributed by atoms with Crippen LogP contribution >= 0.6 is 0 Å². The van der Waals surface area contributed by atoms with Gasteiger partial charge in [0.15, 0.2) is 0 Å². The summed E-state index contributed by atoms with van der Waals surface area (Å²) in [4.78, 5) is 8.74. The minimum Gasteiger partial charge on any atom is -0.397 e. The fourth-order valence-corrected chi connectivity index (χ4v) is 1.88. The summed E-state index contributed by atoms with van der Waals surface area (Å²) >= 11 is 0. The first-order valence-electron chi connectivity index (χ1n) is 5.40. The van der Waals surface area contributed by atoms with Crippen molar-refractivity contribution in [2.75, 3.05) is 5.73 Å². The van der Waals surface area contributed by atoms with Gasteiger partial charge in [-0.05, 0) is 18.2 Å². The zero-order chi connectivity index (χ0) is 11.7. The Kier molecular flexibility index (Phi) is 2.22. The fraction of sp³-hybridized carbons (Fsp3) is 0. The van der Waals surface area contributed by atoms with Crippen molar-refractivity contribution in [1.29, 1.82) is 0 Å². The van der Waals surface area contributed by atoms with E-state index in [1.165, 1.54) is 0 Å². The Hall–Kier alpha value is -2.42. The molecule has 3 heteroatoms. The maximum absolute atomic E-state index is 5.64. The second-order valence-electron chi connectivity index (χ2n) is 3.86. The Morgan fingerprint density at radius 1 is 0.882 bits per heavy atom. The third-order valence-corrected chi connectivity index (χ3v) is 2.70. The van der Waals surface area contributed by atoms with Crippen molar-refractivity contribution in [3.05, 3.63) is 54.9 Å². The first kappa shape index (κ1) is 9.78. The van der Waals surface area contributed by atoms with Crippen LogP contribution < -0.4 is 5.73 Å². The topological polar surface area (TPSA) is 51.8 Å². The lowest BCUT2D eigenvalue weighted by molar-refractivity contribution is 1.32. The highest BCUT2D eigenvalue weighted by atomic mass is 14.7. The number of nitrogen functional groups attached to an aromatic ring is 1. The highest BCUT2D eigenvalue weighted by Crippen LogP contribution is 2.25. The molecule has 0 radical (unpaired) electrons. The standard InChI is InChI=1S/C14H11N3/c15-11-6-7-13(17-9-11)12-5-1-3-10-4-2-8-16-14(10)12/h1-9H,15H2. The number of anilines is 1. The van der Waals surface area contributed by atoms with E-state index in [2.05, 4.69) is 9.97 Å². The van der Waals surface area contributed by atoms with Gasteiger partial charge in [-0.25, -0.2) is 0 Å². The van der Waals surface area contributed by atoms with Crippen LogP contribution in [0.1, 0.15) is 0 Å². The summed E-state index contributed by atoms with van der Waals surface area (Å²) in [5, 5.41) is 1.11. The zero-order valence-electron chi connectivity index (χ0n) is 9.17. The third-order valence-electron chi connectivity index (χ3n) is 2.70. The summed E-state index contributed by atoms with van der Waals surface area (Å²) in [6.45, 7) is 0. The number of hydrogen-bond donors (Lipinski definition) is 1. The van der Waals surface area contributed by atoms with Crippen LogP contribution in [0.2, 0.25) is 0 Å². The van der Waals surface area contributed by atoms with Crippen LogP contribution in [0.15, 0.2) is 54.9 Å². The number of nitrogens with zero attached hydrogens (tertiary/aromatic N) is 2. The SMILES string of the molecule is Nc1ccc(-c2cccc3cccnc23)nc1. The molecule has 0 aliphatic rings. The Morgan fingerprint density at radius 3 is 2.59 bits per heavy atom. The number of fused-ring (bicyclic) bond motifs is 1. The van der Waals surface area contributed by atoms with E-state index in [9.17, 15) is 0 Å². The molecule has 17 heavy (non-hydrogen) atoms. The molecule has 0 saturated heterocycles. The molecule has 3 nitrogen and oxygen atoms in total. The molecule has 2 heterocycles. The number of benzene rings is 1. The Labute approximate surface area is 98.9 Å². The number of aromatic nitrogens is 2. The van der Waals surface area contributed by atoms with Gasteiger partial charge in [-0.2, -0.15) is 0 Å². The van der Waals surface area contributed by atoms with E-state index >= 15 is 0 Å². The molecule has 0 aliphatic carbocycles. The van der Waals surface area contributed by atoms with Gasteiger partial charge in [0.2, 0.25) is 0 Å². The summed E-state index contributed by atoms with van der Waals surface area (Å²) in [6.07, 6.45) is 3.46. The normalized spacial score (nSPS) is 10.6. The summed E-state index contributed by atoms with van der Waals surface area (Å²) in [5.74, 6) is 0. The van der Waals surface area contributed by atoms with Gasteiger partial charge in [0.05, 0.1) is 23.1 Å². The van der Waals surface area contributed by atoms with Gasteiger partial charge >= 0.3 is 0 Å². The number of rotatable bonds is 1. The highest BCUT2D eigenvalue weighted by molar-refractivity contribution is 5.92. The Morgan fingerprint density at radius 2 is 1.76 bits per heavy atom. The maximum atomic E-state index is 5.64. The maximum Gasteiger partial charge on any atom is 0.0795 e. The van der Waals surface area contributed by atoms with E-state index < -0.39 is 0 Å². The smallest absolute Gasteiger partial charge is 0.0795 e. The third kappa shape index (κ3) is 1.72. The van der Waals surface area contributed by atoms with Crippen LogP contribution in [0.25, 0.3) is 22.2 Å². The number of hydrogen-bond acceptors (Lipinski definition) is 3. The van der Waals surface area contributed by atoms with Gasteiger partial charge in [0, 0.05) is 17.1 Å². The molecule has 2 aromatic heterocycles. The fourth-order valence-electron chi connectivity index (χ4n) is 1.88. The average Bonchev–Trinajstić information content (AvgIpc) is 2.39. The van der Waals surface area contributed by atoms with Gasteiger partial charge in [0.25, 0.3) is 0 Å². The highest BCUT2D eigenvalue weighted by Gasteiger charge is 2.04. The van der Waals surface area contributed by atoms with Crippen LogP contribution in [0.4, 0.5) is 5.69 Å². The van der Waals surface area contributed by atoms with Gasteiger partial charge in [-0.15, -0.1) is 0 Å². The molecule has 0 unspecified atom stereocenters. The Balaban J connectivity index is 2.27. The van der Waals surface area contributed by atoms with E-state index in [4.69, 9.17) is 5.73 Å². The summed E-state index contributed by atoms with van der Waals surface area (Å²) in [6, 6.07) is 13.8. The molecule has 3 rings (SSSR count). The second kappa shape index (κ2) is 3.87. The monoisotopic (exact) mass is 221 g/mol. The minimum atomic E-state index is 0.668. The lowest BCUT2D eigenvalue weighted by Crippen LogP contribution is -1.90. The van der Waals surface area contributed by atoms with Gasteiger partial charge < -0.3 is 5.73 Å². The molecule has 3 aromatic rings. The van der Waals surface area contributed by atoms with E-state index in [1.54, 1.807) is 12.4 Å². The van der Waals surface area contributed by atoms with E-state index in [0.29, 0.717) is 5.69 Å². The number of para-hydroxylation sites is 1. The lowest BCUT2D eigenvalue weighted by Gasteiger charge is -2.05. The summed E-state index contributed by atoms with van der Waals surface area (Å²) in [5.41, 5.74) is 9.20. The summed E-state index contributed by atoms with van der Waals surface area (Å²) in [7, 11) is 0. The predicted molar refractivity (Wildman–Crippen MR) is 69.4 cm³/mol. The van der Waals surface area contributed by atoms with Crippen molar-refractivity contribution in [2.24, 2.45) is 0 Å². The van der Waals surface area contributed by atoms with Crippen molar-refractivity contribution in [1.82, 2.24) is 9.97 Å². The van der Waals surface area contributed by atoms with Crippen molar-refractivity contribution in [2.45, 2.75) is 0 Å². The molecule has 0 atom stereocenters. The first-order valence-corrected chi connectivity index (χ1v) is 5.40. The van der Waals surface area contributed by atoms with E-state index in [0.717, 1.165) is 22.2 Å². The van der Waals surface area contributed by atoms with E-state index in [1.807, 2.05) is 42.5 Å². The lowest BCUT2D eigenvalue weighted by atomic mass is 10.1. The van der Waals surface area contributed by atoms with Crippen LogP contribution in [0.5, 0.6) is 0 Å². The zero-order valence-corrected chi connectivity index (χ0v) is 9.17. The van der Waals surface area contributed by atoms with Gasteiger partial charge in [0.1, 0.15) is 0 Å². The largest absolute Gasteiger partial charge is 0.397 e. The van der Waals surface area contributed by atoms with Crippen LogP contribution in [-0.4, -0.2) is 9.97 Å². The average molecular weight is 221 g/mol. The van der Waals surface area contributed by atoms with Crippen molar-refractivity contribution >= 4 is 16.6 Å². The summed E-state index contributed by atoms with van der Waals surface area (Å²) < 4.78 is 0. The first-order chi connectivity index (χ1) is 8.34. The van der Waals surface area contributed by atoms with Crippen molar-refractivity contribution < 1.29 is 0 Å². The molecule has 2 N–H and O–H groups in total. The van der Waals surface area contributed by atoms with Gasteiger partial charge in [-0.1, -0.05) is 24.3 Å². The molecule has 82 valence electrons. The van der Waals surface area contributed by atoms with Crippen molar-refractivity contribution in [3.8, 4) is 11.3 Å². The van der Waals surface area contributed by atoms with Crippen LogP contribution in [-0.2, 0) is 0 Å². The molecule has 0 spiro atoms. The molecule has 0 saturated carbocycles. The number of nitrogens with two attached hydrogens (primary N) is 1. The molecular formula is C14H11N3. The minimum absolute atomic E-state index is 0.668. The van der Waals surface area contributed by atoms with Gasteiger partial charge in [-0.3, -0.25) is 9.97 Å². The molecule has 1 aromatic carbocycles. The molecule has 0 amide bonds. The number of pyridine rings is 2. The molecule has 0 fully saturated rings. The van der Waals surface area contributed by atoms with Crippen LogP contribution in [0, 0.1) is 0 Å². The van der Waals surface area contributed by atoms with Crippen molar-refractivity contribution in [3.63, 3.8) is 0 Å². The molecular weight excluding hydrogens is 210 g/mol.